The lowest BCUT2D eigenvalue weighted by atomic mass is 10.1. The van der Waals surface area contributed by atoms with Crippen molar-refractivity contribution in [1.82, 2.24) is 10.3 Å². The Morgan fingerprint density at radius 2 is 2.10 bits per heavy atom. The van der Waals surface area contributed by atoms with E-state index in [0.717, 1.165) is 15.0 Å². The Kier molecular flexibility index (Phi) is 3.89. The number of nitrogens with one attached hydrogen (secondary N) is 1. The number of halogens is 1. The van der Waals surface area contributed by atoms with E-state index in [1.807, 2.05) is 31.2 Å². The van der Waals surface area contributed by atoms with Crippen molar-refractivity contribution in [2.24, 2.45) is 0 Å². The molecule has 0 spiro atoms. The maximum atomic E-state index is 12.2. The van der Waals surface area contributed by atoms with Crippen molar-refractivity contribution in [2.75, 3.05) is 0 Å². The molecule has 1 saturated carbocycles. The number of hydrogen-bond donors (Lipinski definition) is 1. The van der Waals surface area contributed by atoms with Crippen LogP contribution >= 0.6 is 27.3 Å². The number of amides is 1. The van der Waals surface area contributed by atoms with E-state index in [2.05, 4.69) is 26.2 Å². The van der Waals surface area contributed by atoms with E-state index in [-0.39, 0.29) is 11.9 Å². The minimum absolute atomic E-state index is 0.0120. The summed E-state index contributed by atoms with van der Waals surface area (Å²) in [6, 6.07) is 7.97. The van der Waals surface area contributed by atoms with E-state index in [9.17, 15) is 4.79 Å². The summed E-state index contributed by atoms with van der Waals surface area (Å²) in [5, 5.41) is 4.12. The Balaban J connectivity index is 1.66. The van der Waals surface area contributed by atoms with Gasteiger partial charge in [0, 0.05) is 10.4 Å². The molecule has 5 heteroatoms. The molecule has 1 amide bonds. The summed E-state index contributed by atoms with van der Waals surface area (Å²) in [5.74, 6) is 0.565. The van der Waals surface area contributed by atoms with Gasteiger partial charge >= 0.3 is 0 Å². The topological polar surface area (TPSA) is 42.0 Å². The predicted octanol–water partition coefficient (Wildman–Crippen LogP) is 4.27. The molecule has 1 aromatic carbocycles. The fourth-order valence-electron chi connectivity index (χ4n) is 2.01. The Morgan fingerprint density at radius 3 is 2.75 bits per heavy atom. The van der Waals surface area contributed by atoms with Crippen LogP contribution in [0.15, 0.2) is 34.9 Å². The van der Waals surface area contributed by atoms with Gasteiger partial charge in [-0.15, -0.1) is 11.3 Å². The minimum Gasteiger partial charge on any atom is -0.345 e. The van der Waals surface area contributed by atoms with Crippen LogP contribution in [0.5, 0.6) is 0 Å². The number of carbonyl (C=O) groups excluding carboxylic acids is 1. The first-order valence-electron chi connectivity index (χ1n) is 6.65. The fraction of sp³-hybridized carbons (Fsp3) is 0.333. The molecule has 20 heavy (non-hydrogen) atoms. The molecule has 3 nitrogen and oxygen atoms in total. The molecule has 104 valence electrons. The summed E-state index contributed by atoms with van der Waals surface area (Å²) in [4.78, 5) is 17.2. The van der Waals surface area contributed by atoms with Crippen molar-refractivity contribution in [2.45, 2.75) is 31.7 Å². The minimum atomic E-state index is -0.0372. The van der Waals surface area contributed by atoms with Gasteiger partial charge in [0.2, 0.25) is 0 Å². The first-order valence-corrected chi connectivity index (χ1v) is 8.26. The molecule has 0 saturated heterocycles. The van der Waals surface area contributed by atoms with Gasteiger partial charge in [-0.1, -0.05) is 28.1 Å². The van der Waals surface area contributed by atoms with Gasteiger partial charge in [-0.3, -0.25) is 4.79 Å². The molecule has 0 radical (unpaired) electrons. The highest BCUT2D eigenvalue weighted by Crippen LogP contribution is 2.41. The standard InChI is InChI=1S/C15H15BrN2OS/c1-9(10-4-6-12(16)7-5-10)18-14(19)13-8-17-15(20-13)11-2-3-11/h4-9,11H,2-3H2,1H3,(H,18,19). The molecule has 1 heterocycles. The lowest BCUT2D eigenvalue weighted by Gasteiger charge is -2.13. The van der Waals surface area contributed by atoms with Crippen LogP contribution in [0.3, 0.4) is 0 Å². The maximum absolute atomic E-state index is 12.2. The third-order valence-electron chi connectivity index (χ3n) is 3.39. The van der Waals surface area contributed by atoms with E-state index < -0.39 is 0 Å². The summed E-state index contributed by atoms with van der Waals surface area (Å²) in [7, 11) is 0. The van der Waals surface area contributed by atoms with Gasteiger partial charge in [-0.2, -0.15) is 0 Å². The first kappa shape index (κ1) is 13.8. The zero-order chi connectivity index (χ0) is 14.1. The molecule has 1 aliphatic rings. The molecule has 1 fully saturated rings. The Morgan fingerprint density at radius 1 is 1.40 bits per heavy atom. The number of rotatable bonds is 4. The highest BCUT2D eigenvalue weighted by molar-refractivity contribution is 9.10. The van der Waals surface area contributed by atoms with Crippen molar-refractivity contribution in [3.63, 3.8) is 0 Å². The number of benzene rings is 1. The Labute approximate surface area is 130 Å². The second-order valence-electron chi connectivity index (χ2n) is 5.08. The van der Waals surface area contributed by atoms with Gasteiger partial charge in [0.1, 0.15) is 4.88 Å². The number of thiazole rings is 1. The zero-order valence-electron chi connectivity index (χ0n) is 11.1. The van der Waals surface area contributed by atoms with Crippen LogP contribution in [0.1, 0.15) is 52.0 Å². The molecule has 1 unspecified atom stereocenters. The summed E-state index contributed by atoms with van der Waals surface area (Å²) >= 11 is 4.93. The number of carbonyl (C=O) groups is 1. The molecule has 3 rings (SSSR count). The number of nitrogens with zero attached hydrogens (tertiary/aromatic N) is 1. The van der Waals surface area contributed by atoms with Gasteiger partial charge in [-0.05, 0) is 37.5 Å². The highest BCUT2D eigenvalue weighted by Gasteiger charge is 2.27. The summed E-state index contributed by atoms with van der Waals surface area (Å²) in [5.41, 5.74) is 1.09. The van der Waals surface area contributed by atoms with Crippen molar-refractivity contribution in [3.8, 4) is 0 Å². The average Bonchev–Trinajstić information content (AvgIpc) is 3.17. The van der Waals surface area contributed by atoms with E-state index in [4.69, 9.17) is 0 Å². The second-order valence-corrected chi connectivity index (χ2v) is 7.06. The largest absolute Gasteiger partial charge is 0.345 e. The van der Waals surface area contributed by atoms with E-state index in [1.54, 1.807) is 6.20 Å². The molecule has 1 atom stereocenters. The van der Waals surface area contributed by atoms with E-state index in [1.165, 1.54) is 24.2 Å². The van der Waals surface area contributed by atoms with Crippen molar-refractivity contribution in [1.29, 1.82) is 0 Å². The Hall–Kier alpha value is -1.20. The first-order chi connectivity index (χ1) is 9.63. The maximum Gasteiger partial charge on any atom is 0.263 e. The molecule has 0 aliphatic heterocycles. The molecule has 1 aromatic heterocycles. The van der Waals surface area contributed by atoms with Gasteiger partial charge in [-0.25, -0.2) is 4.98 Å². The third kappa shape index (κ3) is 3.10. The number of aromatic nitrogens is 1. The van der Waals surface area contributed by atoms with E-state index in [0.29, 0.717) is 10.8 Å². The van der Waals surface area contributed by atoms with Crippen molar-refractivity contribution in [3.05, 3.63) is 50.4 Å². The Bertz CT molecular complexity index is 619. The van der Waals surface area contributed by atoms with Gasteiger partial charge in [0.15, 0.2) is 0 Å². The summed E-state index contributed by atoms with van der Waals surface area (Å²) < 4.78 is 1.04. The molecule has 1 aliphatic carbocycles. The number of hydrogen-bond acceptors (Lipinski definition) is 3. The van der Waals surface area contributed by atoms with Crippen LogP contribution in [0.4, 0.5) is 0 Å². The van der Waals surface area contributed by atoms with Crippen LogP contribution in [0.2, 0.25) is 0 Å². The van der Waals surface area contributed by atoms with Crippen LogP contribution in [0, 0.1) is 0 Å². The molecular formula is C15H15BrN2OS. The van der Waals surface area contributed by atoms with Gasteiger partial charge in [0.25, 0.3) is 5.91 Å². The molecule has 0 bridgehead atoms. The summed E-state index contributed by atoms with van der Waals surface area (Å²) in [6.07, 6.45) is 4.12. The normalized spacial score (nSPS) is 15.9. The lowest BCUT2D eigenvalue weighted by Crippen LogP contribution is -2.25. The highest BCUT2D eigenvalue weighted by atomic mass is 79.9. The smallest absolute Gasteiger partial charge is 0.263 e. The van der Waals surface area contributed by atoms with Gasteiger partial charge < -0.3 is 5.32 Å². The zero-order valence-corrected chi connectivity index (χ0v) is 13.5. The van der Waals surface area contributed by atoms with Crippen molar-refractivity contribution < 1.29 is 4.79 Å². The molecular weight excluding hydrogens is 336 g/mol. The van der Waals surface area contributed by atoms with Crippen LogP contribution in [-0.4, -0.2) is 10.9 Å². The third-order valence-corrected chi connectivity index (χ3v) is 5.08. The second kappa shape index (κ2) is 5.66. The monoisotopic (exact) mass is 350 g/mol. The SMILES string of the molecule is CC(NC(=O)c1cnc(C2CC2)s1)c1ccc(Br)cc1. The fourth-order valence-corrected chi connectivity index (χ4v) is 3.27. The predicted molar refractivity (Wildman–Crippen MR) is 84.1 cm³/mol. The van der Waals surface area contributed by atoms with E-state index >= 15 is 0 Å². The average molecular weight is 351 g/mol. The van der Waals surface area contributed by atoms with Crippen LogP contribution in [-0.2, 0) is 0 Å². The van der Waals surface area contributed by atoms with Gasteiger partial charge in [0.05, 0.1) is 17.2 Å². The molecule has 2 aromatic rings. The molecule has 1 N–H and O–H groups in total. The quantitative estimate of drug-likeness (QED) is 0.894. The lowest BCUT2D eigenvalue weighted by molar-refractivity contribution is 0.0944. The van der Waals surface area contributed by atoms with Crippen LogP contribution in [0.25, 0.3) is 0 Å². The summed E-state index contributed by atoms with van der Waals surface area (Å²) in [6.45, 7) is 1.99. The van der Waals surface area contributed by atoms with Crippen LogP contribution < -0.4 is 5.32 Å². The van der Waals surface area contributed by atoms with Crippen molar-refractivity contribution >= 4 is 33.2 Å².